The second-order valence-electron chi connectivity index (χ2n) is 4.79. The number of rotatable bonds is 3. The quantitative estimate of drug-likeness (QED) is 0.641. The van der Waals surface area contributed by atoms with Crippen molar-refractivity contribution in [3.8, 4) is 0 Å². The van der Waals surface area contributed by atoms with E-state index in [0.717, 1.165) is 21.4 Å². The standard InChI is InChI=1S/C15H16INO3/c1-9-6-7-10(18)8-13(9)17-12-5-3-4-11(14(12)16)15(19)20-2/h3-5,8-9,17H,6-7H2,1-2H3. The molecule has 0 aromatic heterocycles. The number of nitrogens with one attached hydrogen (secondary N) is 1. The van der Waals surface area contributed by atoms with Gasteiger partial charge in [0.2, 0.25) is 0 Å². The number of halogens is 1. The highest BCUT2D eigenvalue weighted by Crippen LogP contribution is 2.28. The van der Waals surface area contributed by atoms with Gasteiger partial charge in [-0.25, -0.2) is 4.79 Å². The first-order valence-electron chi connectivity index (χ1n) is 6.41. The third-order valence-corrected chi connectivity index (χ3v) is 4.52. The molecule has 0 saturated carbocycles. The maximum atomic E-state index is 11.7. The number of hydrogen-bond donors (Lipinski definition) is 1. The molecule has 0 aliphatic heterocycles. The van der Waals surface area contributed by atoms with Gasteiger partial charge in [-0.15, -0.1) is 0 Å². The van der Waals surface area contributed by atoms with Gasteiger partial charge in [0.25, 0.3) is 0 Å². The maximum absolute atomic E-state index is 11.7. The fourth-order valence-electron chi connectivity index (χ4n) is 2.11. The van der Waals surface area contributed by atoms with Crippen LogP contribution in [0.4, 0.5) is 5.69 Å². The number of carbonyl (C=O) groups is 2. The predicted molar refractivity (Wildman–Crippen MR) is 85.6 cm³/mol. The molecular formula is C15H16INO3. The summed E-state index contributed by atoms with van der Waals surface area (Å²) >= 11 is 2.11. The summed E-state index contributed by atoms with van der Waals surface area (Å²) in [7, 11) is 1.36. The Balaban J connectivity index is 2.30. The minimum absolute atomic E-state index is 0.143. The summed E-state index contributed by atoms with van der Waals surface area (Å²) in [6.07, 6.45) is 3.12. The highest BCUT2D eigenvalue weighted by Gasteiger charge is 2.19. The number of ketones is 1. The topological polar surface area (TPSA) is 55.4 Å². The molecule has 0 radical (unpaired) electrons. The number of carbonyl (C=O) groups excluding carboxylic acids is 2. The first kappa shape index (κ1) is 15.0. The largest absolute Gasteiger partial charge is 0.465 e. The van der Waals surface area contributed by atoms with E-state index < -0.39 is 0 Å². The summed E-state index contributed by atoms with van der Waals surface area (Å²) in [5.41, 5.74) is 2.25. The Hall–Kier alpha value is -1.37. The molecule has 0 amide bonds. The molecule has 1 aromatic rings. The van der Waals surface area contributed by atoms with Crippen LogP contribution in [0.25, 0.3) is 0 Å². The minimum Gasteiger partial charge on any atom is -0.465 e. The van der Waals surface area contributed by atoms with Crippen molar-refractivity contribution in [2.45, 2.75) is 19.8 Å². The van der Waals surface area contributed by atoms with Crippen LogP contribution < -0.4 is 5.32 Å². The number of anilines is 1. The monoisotopic (exact) mass is 385 g/mol. The lowest BCUT2D eigenvalue weighted by Crippen LogP contribution is -2.18. The summed E-state index contributed by atoms with van der Waals surface area (Å²) in [5.74, 6) is 0.0924. The number of benzene rings is 1. The van der Waals surface area contributed by atoms with E-state index in [9.17, 15) is 9.59 Å². The van der Waals surface area contributed by atoms with E-state index in [0.29, 0.717) is 17.9 Å². The van der Waals surface area contributed by atoms with Crippen molar-refractivity contribution in [3.63, 3.8) is 0 Å². The molecule has 1 aliphatic carbocycles. The molecule has 0 bridgehead atoms. The molecule has 1 N–H and O–H groups in total. The molecule has 0 saturated heterocycles. The number of hydrogen-bond acceptors (Lipinski definition) is 4. The average molecular weight is 385 g/mol. The van der Waals surface area contributed by atoms with Crippen LogP contribution in [-0.4, -0.2) is 18.9 Å². The normalized spacial score (nSPS) is 18.4. The Bertz CT molecular complexity index is 580. The number of methoxy groups -OCH3 is 1. The number of ether oxygens (including phenoxy) is 1. The molecule has 5 heteroatoms. The van der Waals surface area contributed by atoms with Crippen molar-refractivity contribution in [1.82, 2.24) is 0 Å². The zero-order valence-electron chi connectivity index (χ0n) is 11.4. The van der Waals surface area contributed by atoms with Crippen molar-refractivity contribution in [1.29, 1.82) is 0 Å². The molecule has 1 aliphatic rings. The first-order valence-corrected chi connectivity index (χ1v) is 7.49. The van der Waals surface area contributed by atoms with Crippen molar-refractivity contribution in [3.05, 3.63) is 39.1 Å². The van der Waals surface area contributed by atoms with Gasteiger partial charge in [-0.2, -0.15) is 0 Å². The smallest absolute Gasteiger partial charge is 0.339 e. The van der Waals surface area contributed by atoms with Gasteiger partial charge in [0.15, 0.2) is 5.78 Å². The summed E-state index contributed by atoms with van der Waals surface area (Å²) < 4.78 is 5.55. The molecule has 20 heavy (non-hydrogen) atoms. The Morgan fingerprint density at radius 1 is 1.45 bits per heavy atom. The van der Waals surface area contributed by atoms with E-state index >= 15 is 0 Å². The van der Waals surface area contributed by atoms with Crippen LogP contribution in [-0.2, 0) is 9.53 Å². The van der Waals surface area contributed by atoms with Gasteiger partial charge in [-0.3, -0.25) is 4.79 Å². The van der Waals surface area contributed by atoms with Crippen LogP contribution in [0.2, 0.25) is 0 Å². The Labute approximate surface area is 131 Å². The molecule has 2 rings (SSSR count). The van der Waals surface area contributed by atoms with E-state index in [1.165, 1.54) is 7.11 Å². The average Bonchev–Trinajstić information content (AvgIpc) is 2.44. The fourth-order valence-corrected chi connectivity index (χ4v) is 2.83. The van der Waals surface area contributed by atoms with E-state index in [4.69, 9.17) is 4.74 Å². The molecular weight excluding hydrogens is 369 g/mol. The van der Waals surface area contributed by atoms with Gasteiger partial charge in [0.05, 0.1) is 21.9 Å². The van der Waals surface area contributed by atoms with Crippen LogP contribution >= 0.6 is 22.6 Å². The molecule has 0 heterocycles. The Kier molecular flexibility index (Phi) is 4.80. The lowest BCUT2D eigenvalue weighted by atomic mass is 9.93. The van der Waals surface area contributed by atoms with Gasteiger partial charge < -0.3 is 10.1 Å². The predicted octanol–water partition coefficient (Wildman–Crippen LogP) is 3.37. The second-order valence-corrected chi connectivity index (χ2v) is 5.87. The molecule has 1 unspecified atom stereocenters. The molecule has 106 valence electrons. The number of allylic oxidation sites excluding steroid dienone is 2. The van der Waals surface area contributed by atoms with Gasteiger partial charge >= 0.3 is 5.97 Å². The summed E-state index contributed by atoms with van der Waals surface area (Å²) in [5, 5.41) is 3.27. The second kappa shape index (κ2) is 6.39. The number of esters is 1. The summed E-state index contributed by atoms with van der Waals surface area (Å²) in [6.45, 7) is 2.09. The highest BCUT2D eigenvalue weighted by molar-refractivity contribution is 14.1. The first-order chi connectivity index (χ1) is 9.52. The van der Waals surface area contributed by atoms with E-state index in [1.54, 1.807) is 18.2 Å². The summed E-state index contributed by atoms with van der Waals surface area (Å²) in [4.78, 5) is 23.2. The zero-order valence-corrected chi connectivity index (χ0v) is 13.6. The van der Waals surface area contributed by atoms with E-state index in [1.807, 2.05) is 6.07 Å². The van der Waals surface area contributed by atoms with Crippen LogP contribution in [0.3, 0.4) is 0 Å². The van der Waals surface area contributed by atoms with E-state index in [-0.39, 0.29) is 11.8 Å². The van der Waals surface area contributed by atoms with Gasteiger partial charge in [0, 0.05) is 18.2 Å². The molecule has 4 nitrogen and oxygen atoms in total. The van der Waals surface area contributed by atoms with Gasteiger partial charge in [-0.05, 0) is 47.1 Å². The lowest BCUT2D eigenvalue weighted by molar-refractivity contribution is -0.115. The van der Waals surface area contributed by atoms with Crippen LogP contribution in [0, 0.1) is 9.49 Å². The Morgan fingerprint density at radius 2 is 2.20 bits per heavy atom. The van der Waals surface area contributed by atoms with Crippen molar-refractivity contribution >= 4 is 40.0 Å². The van der Waals surface area contributed by atoms with Gasteiger partial charge in [-0.1, -0.05) is 13.0 Å². The molecule has 0 fully saturated rings. The van der Waals surface area contributed by atoms with Crippen LogP contribution in [0.5, 0.6) is 0 Å². The van der Waals surface area contributed by atoms with E-state index in [2.05, 4.69) is 34.8 Å². The van der Waals surface area contributed by atoms with Crippen LogP contribution in [0.1, 0.15) is 30.1 Å². The third kappa shape index (κ3) is 3.20. The van der Waals surface area contributed by atoms with Crippen LogP contribution in [0.15, 0.2) is 30.0 Å². The SMILES string of the molecule is COC(=O)c1cccc(NC2=CC(=O)CCC2C)c1I. The van der Waals surface area contributed by atoms with Crippen molar-refractivity contribution in [2.75, 3.05) is 12.4 Å². The molecule has 1 atom stereocenters. The summed E-state index contributed by atoms with van der Waals surface area (Å²) in [6, 6.07) is 5.41. The van der Waals surface area contributed by atoms with Crippen molar-refractivity contribution in [2.24, 2.45) is 5.92 Å². The third-order valence-electron chi connectivity index (χ3n) is 3.35. The van der Waals surface area contributed by atoms with Crippen molar-refractivity contribution < 1.29 is 14.3 Å². The minimum atomic E-state index is -0.361. The maximum Gasteiger partial charge on any atom is 0.339 e. The highest BCUT2D eigenvalue weighted by atomic mass is 127. The van der Waals surface area contributed by atoms with Gasteiger partial charge in [0.1, 0.15) is 0 Å². The Morgan fingerprint density at radius 3 is 2.90 bits per heavy atom. The zero-order chi connectivity index (χ0) is 14.7. The fraction of sp³-hybridized carbons (Fsp3) is 0.333. The molecule has 1 aromatic carbocycles. The lowest BCUT2D eigenvalue weighted by Gasteiger charge is -2.22. The molecule has 0 spiro atoms.